The summed E-state index contributed by atoms with van der Waals surface area (Å²) in [4.78, 5) is 14.7. The quantitative estimate of drug-likeness (QED) is 0.634. The van der Waals surface area contributed by atoms with Gasteiger partial charge in [0.1, 0.15) is 0 Å². The van der Waals surface area contributed by atoms with Gasteiger partial charge in [-0.2, -0.15) is 0 Å². The van der Waals surface area contributed by atoms with Crippen molar-refractivity contribution in [3.8, 4) is 0 Å². The average Bonchev–Trinajstić information content (AvgIpc) is 2.43. The number of nitrogens with zero attached hydrogens (tertiary/aromatic N) is 2. The maximum absolute atomic E-state index is 10.7. The molecule has 1 unspecified atom stereocenters. The molecule has 1 atom stereocenters. The lowest BCUT2D eigenvalue weighted by Gasteiger charge is -2.08. The lowest BCUT2D eigenvalue weighted by atomic mass is 10.2. The van der Waals surface area contributed by atoms with Crippen molar-refractivity contribution < 1.29 is 4.79 Å². The van der Waals surface area contributed by atoms with Crippen molar-refractivity contribution in [1.29, 1.82) is 0 Å². The van der Waals surface area contributed by atoms with Crippen molar-refractivity contribution in [3.05, 3.63) is 18.2 Å². The molecule has 1 amide bonds. The second kappa shape index (κ2) is 2.62. The molecular weight excluding hydrogens is 154 g/mol. The summed E-state index contributed by atoms with van der Waals surface area (Å²) >= 11 is 0. The fraction of sp³-hybridized carbons (Fsp3) is 0.500. The molecule has 1 aliphatic rings. The summed E-state index contributed by atoms with van der Waals surface area (Å²) in [5, 5.41) is 2.89. The van der Waals surface area contributed by atoms with Crippen molar-refractivity contribution in [2.24, 2.45) is 0 Å². The van der Waals surface area contributed by atoms with E-state index in [0.29, 0.717) is 0 Å². The molecule has 0 aromatic carbocycles. The van der Waals surface area contributed by atoms with Gasteiger partial charge in [-0.3, -0.25) is 4.79 Å². The van der Waals surface area contributed by atoms with Crippen LogP contribution >= 0.6 is 0 Å². The number of hydrogen-bond donors (Lipinski definition) is 1. The van der Waals surface area contributed by atoms with E-state index in [-0.39, 0.29) is 11.9 Å². The SMILES string of the molecule is CC(=O)NC1Cc2cncn2C1. The Morgan fingerprint density at radius 3 is 3.33 bits per heavy atom. The summed E-state index contributed by atoms with van der Waals surface area (Å²) in [6.07, 6.45) is 4.55. The average molecular weight is 165 g/mol. The fourth-order valence-corrected chi connectivity index (χ4v) is 1.62. The molecule has 4 nitrogen and oxygen atoms in total. The first-order chi connectivity index (χ1) is 5.75. The number of aromatic nitrogens is 2. The predicted molar refractivity (Wildman–Crippen MR) is 43.5 cm³/mol. The number of imidazole rings is 1. The number of carbonyl (C=O) groups excluding carboxylic acids is 1. The van der Waals surface area contributed by atoms with Gasteiger partial charge in [0.15, 0.2) is 0 Å². The van der Waals surface area contributed by atoms with Crippen LogP contribution in [0.4, 0.5) is 0 Å². The van der Waals surface area contributed by atoms with Crippen LogP contribution in [0, 0.1) is 0 Å². The van der Waals surface area contributed by atoms with E-state index in [0.717, 1.165) is 13.0 Å². The number of fused-ring (bicyclic) bond motifs is 1. The normalized spacial score (nSPS) is 20.6. The van der Waals surface area contributed by atoms with Gasteiger partial charge in [-0.05, 0) is 0 Å². The predicted octanol–water partition coefficient (Wildman–Crippen LogP) is -0.0561. The maximum Gasteiger partial charge on any atom is 0.217 e. The van der Waals surface area contributed by atoms with Gasteiger partial charge in [-0.1, -0.05) is 0 Å². The second-order valence-corrected chi connectivity index (χ2v) is 3.14. The Morgan fingerprint density at radius 1 is 1.83 bits per heavy atom. The van der Waals surface area contributed by atoms with Crippen molar-refractivity contribution in [2.75, 3.05) is 0 Å². The third kappa shape index (κ3) is 1.20. The van der Waals surface area contributed by atoms with Crippen molar-refractivity contribution >= 4 is 5.91 Å². The van der Waals surface area contributed by atoms with Crippen LogP contribution in [-0.4, -0.2) is 21.5 Å². The molecule has 12 heavy (non-hydrogen) atoms. The third-order valence-electron chi connectivity index (χ3n) is 2.08. The molecule has 1 aliphatic heterocycles. The van der Waals surface area contributed by atoms with Gasteiger partial charge < -0.3 is 9.88 Å². The number of amides is 1. The summed E-state index contributed by atoms with van der Waals surface area (Å²) in [5.74, 6) is 0.0405. The number of rotatable bonds is 1. The van der Waals surface area contributed by atoms with E-state index in [9.17, 15) is 4.79 Å². The first kappa shape index (κ1) is 7.34. The van der Waals surface area contributed by atoms with Crippen molar-refractivity contribution in [3.63, 3.8) is 0 Å². The minimum absolute atomic E-state index is 0.0405. The molecule has 0 bridgehead atoms. The number of hydrogen-bond acceptors (Lipinski definition) is 2. The molecule has 0 saturated carbocycles. The van der Waals surface area contributed by atoms with E-state index < -0.39 is 0 Å². The van der Waals surface area contributed by atoms with Crippen LogP contribution in [0.3, 0.4) is 0 Å². The fourth-order valence-electron chi connectivity index (χ4n) is 1.62. The molecule has 4 heteroatoms. The van der Waals surface area contributed by atoms with E-state index in [2.05, 4.69) is 14.9 Å². The Morgan fingerprint density at radius 2 is 2.67 bits per heavy atom. The first-order valence-electron chi connectivity index (χ1n) is 4.02. The zero-order valence-electron chi connectivity index (χ0n) is 6.95. The molecule has 64 valence electrons. The Balaban J connectivity index is 2.03. The maximum atomic E-state index is 10.7. The molecule has 1 N–H and O–H groups in total. The second-order valence-electron chi connectivity index (χ2n) is 3.14. The zero-order valence-corrected chi connectivity index (χ0v) is 6.95. The van der Waals surface area contributed by atoms with Crippen molar-refractivity contribution in [1.82, 2.24) is 14.9 Å². The summed E-state index contributed by atoms with van der Waals surface area (Å²) < 4.78 is 2.07. The van der Waals surface area contributed by atoms with Crippen LogP contribution in [0.15, 0.2) is 12.5 Å². The van der Waals surface area contributed by atoms with Crippen LogP contribution in [0.2, 0.25) is 0 Å². The lowest BCUT2D eigenvalue weighted by Crippen LogP contribution is -2.34. The van der Waals surface area contributed by atoms with E-state index in [1.54, 1.807) is 13.3 Å². The Labute approximate surface area is 70.6 Å². The number of carbonyl (C=O) groups is 1. The van der Waals surface area contributed by atoms with Gasteiger partial charge >= 0.3 is 0 Å². The Kier molecular flexibility index (Phi) is 1.60. The van der Waals surface area contributed by atoms with E-state index in [1.807, 2.05) is 6.20 Å². The van der Waals surface area contributed by atoms with Gasteiger partial charge in [0.25, 0.3) is 0 Å². The molecule has 1 aromatic rings. The smallest absolute Gasteiger partial charge is 0.217 e. The van der Waals surface area contributed by atoms with E-state index >= 15 is 0 Å². The van der Waals surface area contributed by atoms with Crippen LogP contribution in [-0.2, 0) is 17.8 Å². The summed E-state index contributed by atoms with van der Waals surface area (Å²) in [6.45, 7) is 2.40. The van der Waals surface area contributed by atoms with E-state index in [4.69, 9.17) is 0 Å². The molecule has 2 heterocycles. The highest BCUT2D eigenvalue weighted by atomic mass is 16.1. The monoisotopic (exact) mass is 165 g/mol. The van der Waals surface area contributed by atoms with E-state index in [1.165, 1.54) is 5.69 Å². The highest BCUT2D eigenvalue weighted by molar-refractivity contribution is 5.73. The zero-order chi connectivity index (χ0) is 8.55. The molecule has 0 spiro atoms. The topological polar surface area (TPSA) is 46.9 Å². The Hall–Kier alpha value is -1.32. The standard InChI is InChI=1S/C8H11N3O/c1-6(12)10-7-2-8-3-9-5-11(8)4-7/h3,5,7H,2,4H2,1H3,(H,10,12). The van der Waals surface area contributed by atoms with Crippen molar-refractivity contribution in [2.45, 2.75) is 25.9 Å². The van der Waals surface area contributed by atoms with Crippen LogP contribution in [0.5, 0.6) is 0 Å². The van der Waals surface area contributed by atoms with Crippen LogP contribution in [0.25, 0.3) is 0 Å². The molecule has 0 fully saturated rings. The summed E-state index contributed by atoms with van der Waals surface area (Å²) in [6, 6.07) is 0.264. The third-order valence-corrected chi connectivity index (χ3v) is 2.08. The molecular formula is C8H11N3O. The van der Waals surface area contributed by atoms with Gasteiger partial charge in [0, 0.05) is 31.8 Å². The van der Waals surface area contributed by atoms with Gasteiger partial charge in [0.2, 0.25) is 5.91 Å². The minimum atomic E-state index is 0.0405. The van der Waals surface area contributed by atoms with Crippen LogP contribution in [0.1, 0.15) is 12.6 Å². The lowest BCUT2D eigenvalue weighted by molar-refractivity contribution is -0.119. The molecule has 2 rings (SSSR count). The summed E-state index contributed by atoms with van der Waals surface area (Å²) in [5.41, 5.74) is 1.20. The highest BCUT2D eigenvalue weighted by Gasteiger charge is 2.21. The van der Waals surface area contributed by atoms with Crippen LogP contribution < -0.4 is 5.32 Å². The highest BCUT2D eigenvalue weighted by Crippen LogP contribution is 2.13. The molecule has 0 aliphatic carbocycles. The number of nitrogens with one attached hydrogen (secondary N) is 1. The molecule has 1 aromatic heterocycles. The first-order valence-corrected chi connectivity index (χ1v) is 4.02. The Bertz CT molecular complexity index is 285. The van der Waals surface area contributed by atoms with Gasteiger partial charge in [-0.15, -0.1) is 0 Å². The van der Waals surface area contributed by atoms with Gasteiger partial charge in [-0.25, -0.2) is 4.98 Å². The largest absolute Gasteiger partial charge is 0.351 e. The molecule has 0 radical (unpaired) electrons. The minimum Gasteiger partial charge on any atom is -0.351 e. The molecule has 0 saturated heterocycles. The van der Waals surface area contributed by atoms with Gasteiger partial charge in [0.05, 0.1) is 12.4 Å². The summed E-state index contributed by atoms with van der Waals surface area (Å²) in [7, 11) is 0.